The zero-order valence-electron chi connectivity index (χ0n) is 2.05. The Morgan fingerprint density at radius 3 is 0.500 bits per heavy atom. The van der Waals surface area contributed by atoms with E-state index in [9.17, 15) is 0 Å². The van der Waals surface area contributed by atoms with Crippen LogP contribution in [0, 0.1) is 0 Å². The minimum Gasteiger partial charge on any atom is 0 e. The first-order chi connectivity index (χ1) is 0. The van der Waals surface area contributed by atoms with E-state index in [1.807, 2.05) is 0 Å². The molecule has 0 saturated heterocycles. The fourth-order valence-corrected chi connectivity index (χ4v) is 0. The molecule has 4 heavy (non-hydrogen) atoms. The van der Waals surface area contributed by atoms with E-state index in [4.69, 9.17) is 0 Å². The molecule has 0 aliphatic heterocycles. The van der Waals surface area contributed by atoms with Gasteiger partial charge in [0, 0.05) is 68.6 Å². The van der Waals surface area contributed by atoms with Gasteiger partial charge in [0.25, 0.3) is 0 Å². The SMILES string of the molecule is [Al].[Al].[Al].[Ni]. The molecule has 0 aromatic carbocycles. The molecule has 9 radical (unpaired) electrons. The van der Waals surface area contributed by atoms with Crippen molar-refractivity contribution in [3.05, 3.63) is 0 Å². The molecule has 0 saturated carbocycles. The summed E-state index contributed by atoms with van der Waals surface area (Å²) in [6.45, 7) is 0. The third-order valence-electron chi connectivity index (χ3n) is 0. The quantitative estimate of drug-likeness (QED) is 0.372. The molecule has 0 bridgehead atoms. The van der Waals surface area contributed by atoms with Crippen LogP contribution in [0.1, 0.15) is 0 Å². The molecular weight excluding hydrogens is 140 g/mol. The summed E-state index contributed by atoms with van der Waals surface area (Å²) >= 11 is 0. The van der Waals surface area contributed by atoms with Crippen molar-refractivity contribution in [3.8, 4) is 0 Å². The summed E-state index contributed by atoms with van der Waals surface area (Å²) < 4.78 is 0. The maximum Gasteiger partial charge on any atom is 0 e. The van der Waals surface area contributed by atoms with Crippen molar-refractivity contribution in [2.75, 3.05) is 0 Å². The average Bonchev–Trinajstić information content (AvgIpc) is 0. The summed E-state index contributed by atoms with van der Waals surface area (Å²) in [5.74, 6) is 0. The van der Waals surface area contributed by atoms with Crippen LogP contribution in [0.3, 0.4) is 0 Å². The molecule has 0 N–H and O–H groups in total. The van der Waals surface area contributed by atoms with Gasteiger partial charge in [0.2, 0.25) is 0 Å². The second-order valence-corrected chi connectivity index (χ2v) is 0. The first-order valence-corrected chi connectivity index (χ1v) is 0. The Morgan fingerprint density at radius 2 is 0.500 bits per heavy atom. The van der Waals surface area contributed by atoms with Gasteiger partial charge < -0.3 is 0 Å². The van der Waals surface area contributed by atoms with Crippen LogP contribution in [-0.2, 0) is 16.5 Å². The monoisotopic (exact) mass is 139 g/mol. The summed E-state index contributed by atoms with van der Waals surface area (Å²) in [6.07, 6.45) is 0. The molecule has 0 atom stereocenters. The number of rotatable bonds is 0. The summed E-state index contributed by atoms with van der Waals surface area (Å²) in [7, 11) is 0. The smallest absolute Gasteiger partial charge is 0 e. The van der Waals surface area contributed by atoms with Gasteiger partial charge in [-0.1, -0.05) is 0 Å². The topological polar surface area (TPSA) is 0 Å². The predicted molar refractivity (Wildman–Crippen MR) is 17.3 cm³/mol. The maximum atomic E-state index is 0. The van der Waals surface area contributed by atoms with Crippen molar-refractivity contribution in [1.82, 2.24) is 0 Å². The molecule has 0 nitrogen and oxygen atoms in total. The van der Waals surface area contributed by atoms with E-state index in [2.05, 4.69) is 0 Å². The van der Waals surface area contributed by atoms with Crippen molar-refractivity contribution >= 4 is 52.1 Å². The van der Waals surface area contributed by atoms with E-state index in [-0.39, 0.29) is 68.6 Å². The van der Waals surface area contributed by atoms with E-state index >= 15 is 0 Å². The Kier molecular flexibility index (Phi) is 176. The molecule has 0 amide bonds. The average molecular weight is 140 g/mol. The molecule has 0 rings (SSSR count). The van der Waals surface area contributed by atoms with Gasteiger partial charge in [0.1, 0.15) is 0 Å². The summed E-state index contributed by atoms with van der Waals surface area (Å²) in [4.78, 5) is 0. The van der Waals surface area contributed by atoms with Crippen LogP contribution in [0.15, 0.2) is 0 Å². The van der Waals surface area contributed by atoms with Crippen molar-refractivity contribution in [2.24, 2.45) is 0 Å². The van der Waals surface area contributed by atoms with E-state index in [0.717, 1.165) is 0 Å². The van der Waals surface area contributed by atoms with Gasteiger partial charge >= 0.3 is 0 Å². The van der Waals surface area contributed by atoms with Gasteiger partial charge in [0.05, 0.1) is 0 Å². The molecule has 0 aliphatic carbocycles. The van der Waals surface area contributed by atoms with E-state index in [1.165, 1.54) is 0 Å². The molecule has 0 aromatic rings. The van der Waals surface area contributed by atoms with E-state index in [1.54, 1.807) is 0 Å². The Morgan fingerprint density at radius 1 is 0.500 bits per heavy atom. The third-order valence-corrected chi connectivity index (χ3v) is 0. The molecule has 0 fully saturated rings. The van der Waals surface area contributed by atoms with Gasteiger partial charge in [-0.15, -0.1) is 0 Å². The molecule has 0 aromatic heterocycles. The Labute approximate surface area is 68.0 Å². The first-order valence-electron chi connectivity index (χ1n) is 0. The van der Waals surface area contributed by atoms with Crippen molar-refractivity contribution in [2.45, 2.75) is 0 Å². The van der Waals surface area contributed by atoms with Gasteiger partial charge in [0.15, 0.2) is 0 Å². The van der Waals surface area contributed by atoms with Crippen molar-refractivity contribution in [3.63, 3.8) is 0 Å². The standard InChI is InChI=1S/3Al.Ni. The summed E-state index contributed by atoms with van der Waals surface area (Å²) in [5, 5.41) is 0. The van der Waals surface area contributed by atoms with Crippen LogP contribution in [0.4, 0.5) is 0 Å². The zero-order valence-corrected chi connectivity index (χ0v) is 6.50. The number of hydrogen-bond acceptors (Lipinski definition) is 0. The normalized spacial score (nSPS) is 0. The van der Waals surface area contributed by atoms with Crippen LogP contribution in [-0.4, -0.2) is 52.1 Å². The molecule has 0 aliphatic rings. The second kappa shape index (κ2) is 19.5. The van der Waals surface area contributed by atoms with Crippen LogP contribution < -0.4 is 0 Å². The predicted octanol–water partition coefficient (Wildman–Crippen LogP) is -1.14. The van der Waals surface area contributed by atoms with Crippen LogP contribution in [0.2, 0.25) is 0 Å². The van der Waals surface area contributed by atoms with Crippen molar-refractivity contribution in [1.29, 1.82) is 0 Å². The molecule has 0 heterocycles. The molecule has 0 unspecified atom stereocenters. The molecular formula is Al3Ni. The molecule has 4 heteroatoms. The van der Waals surface area contributed by atoms with E-state index in [0.29, 0.717) is 0 Å². The number of hydrogen-bond donors (Lipinski definition) is 0. The summed E-state index contributed by atoms with van der Waals surface area (Å²) in [5.41, 5.74) is 0. The third kappa shape index (κ3) is 8.94. The maximum absolute atomic E-state index is 0. The van der Waals surface area contributed by atoms with Gasteiger partial charge in [-0.05, 0) is 0 Å². The molecule has 0 spiro atoms. The minimum atomic E-state index is 0. The Balaban J connectivity index is 0. The fraction of sp³-hybridized carbons (Fsp3) is 0. The van der Waals surface area contributed by atoms with E-state index < -0.39 is 0 Å². The Hall–Kier alpha value is 2.09. The minimum absolute atomic E-state index is 0. The Bertz CT molecular complexity index is 3.25. The van der Waals surface area contributed by atoms with Crippen molar-refractivity contribution < 1.29 is 16.5 Å². The first kappa shape index (κ1) is 36.1. The fourth-order valence-electron chi connectivity index (χ4n) is 0. The zero-order chi connectivity index (χ0) is 0. The second-order valence-electron chi connectivity index (χ2n) is 0. The van der Waals surface area contributed by atoms with Gasteiger partial charge in [-0.2, -0.15) is 0 Å². The van der Waals surface area contributed by atoms with Crippen LogP contribution in [0.5, 0.6) is 0 Å². The van der Waals surface area contributed by atoms with Crippen LogP contribution >= 0.6 is 0 Å². The molecule has 19 valence electrons. The van der Waals surface area contributed by atoms with Gasteiger partial charge in [-0.3, -0.25) is 0 Å². The van der Waals surface area contributed by atoms with Crippen LogP contribution in [0.25, 0.3) is 0 Å². The summed E-state index contributed by atoms with van der Waals surface area (Å²) in [6, 6.07) is 0. The largest absolute Gasteiger partial charge is 0 e. The van der Waals surface area contributed by atoms with Gasteiger partial charge in [-0.25, -0.2) is 0 Å².